The summed E-state index contributed by atoms with van der Waals surface area (Å²) in [6.45, 7) is 9.79. The lowest BCUT2D eigenvalue weighted by Gasteiger charge is -2.37. The van der Waals surface area contributed by atoms with Crippen LogP contribution in [0.25, 0.3) is 44.3 Å². The van der Waals surface area contributed by atoms with Gasteiger partial charge in [0, 0.05) is 13.1 Å². The molecule has 4 atom stereocenters. The molecule has 58 heavy (non-hydrogen) atoms. The van der Waals surface area contributed by atoms with Crippen molar-refractivity contribution in [3.05, 3.63) is 72.3 Å². The number of alkyl carbamates (subject to hydrolysis) is 1. The van der Waals surface area contributed by atoms with E-state index in [1.807, 2.05) is 58.0 Å². The molecule has 15 heteroatoms. The van der Waals surface area contributed by atoms with Crippen molar-refractivity contribution in [2.45, 2.75) is 52.2 Å². The molecule has 3 aromatic carbocycles. The number of nitrogens with one attached hydrogen (secondary N) is 3. The van der Waals surface area contributed by atoms with Crippen molar-refractivity contribution in [3.8, 4) is 22.3 Å². The number of rotatable bonds is 11. The Morgan fingerprint density at radius 3 is 1.64 bits per heavy atom. The van der Waals surface area contributed by atoms with Gasteiger partial charge in [0.2, 0.25) is 11.8 Å². The van der Waals surface area contributed by atoms with Crippen LogP contribution in [0, 0.1) is 17.8 Å². The lowest BCUT2D eigenvalue weighted by molar-refractivity contribution is -0.152. The van der Waals surface area contributed by atoms with Gasteiger partial charge in [0.1, 0.15) is 29.8 Å². The fourth-order valence-corrected chi connectivity index (χ4v) is 7.74. The molecule has 2 aromatic heterocycles. The summed E-state index contributed by atoms with van der Waals surface area (Å²) in [4.78, 5) is 71.8. The van der Waals surface area contributed by atoms with Crippen LogP contribution < -0.4 is 5.32 Å². The molecule has 2 aliphatic heterocycles. The van der Waals surface area contributed by atoms with Crippen molar-refractivity contribution in [3.63, 3.8) is 0 Å². The lowest BCUT2D eigenvalue weighted by atomic mass is 9.90. The second-order valence-corrected chi connectivity index (χ2v) is 15.5. The summed E-state index contributed by atoms with van der Waals surface area (Å²) in [5.74, 6) is -0.184. The molecule has 0 radical (unpaired) electrons. The first-order valence-corrected chi connectivity index (χ1v) is 19.7. The van der Waals surface area contributed by atoms with Crippen molar-refractivity contribution in [2.75, 3.05) is 53.7 Å². The van der Waals surface area contributed by atoms with Crippen LogP contribution >= 0.6 is 0 Å². The number of carbonyl (C=O) groups excluding carboxylic acids is 4. The number of aromatic amines is 2. The van der Waals surface area contributed by atoms with E-state index < -0.39 is 36.1 Å². The molecule has 306 valence electrons. The van der Waals surface area contributed by atoms with Gasteiger partial charge in [-0.25, -0.2) is 14.8 Å². The number of carbonyl (C=O) groups is 4. The maximum Gasteiger partial charge on any atom is 0.407 e. The van der Waals surface area contributed by atoms with Crippen LogP contribution in [0.15, 0.2) is 60.7 Å². The SMILES string of the molecule is COC(=O)C[C@H](C(=O)N1CCOC[C@H]1c1nc2ccc(-c3ccc(-c4ccc5nc([C@@H]6COCCN6C(=O)[C@@H](NC(=O)OC)C(C)C)[nH]c5c4)cc3)cc2[nH]1)C(C)C. The molecular weight excluding hydrogens is 743 g/mol. The molecule has 15 nitrogen and oxygen atoms in total. The van der Waals surface area contributed by atoms with Crippen molar-refractivity contribution in [1.82, 2.24) is 35.1 Å². The van der Waals surface area contributed by atoms with Gasteiger partial charge >= 0.3 is 12.1 Å². The lowest BCUT2D eigenvalue weighted by Crippen LogP contribution is -2.54. The number of nitrogens with zero attached hydrogens (tertiary/aromatic N) is 4. The van der Waals surface area contributed by atoms with E-state index in [0.29, 0.717) is 44.6 Å². The van der Waals surface area contributed by atoms with Crippen molar-refractivity contribution in [1.29, 1.82) is 0 Å². The Bertz CT molecular complexity index is 2120. The number of ether oxygens (including phenoxy) is 4. The minimum Gasteiger partial charge on any atom is -0.469 e. The summed E-state index contributed by atoms with van der Waals surface area (Å²) in [6, 6.07) is 18.8. The van der Waals surface area contributed by atoms with Gasteiger partial charge in [0.15, 0.2) is 0 Å². The van der Waals surface area contributed by atoms with Gasteiger partial charge in [0.05, 0.1) is 75.1 Å². The van der Waals surface area contributed by atoms with Crippen LogP contribution in [0.1, 0.15) is 57.8 Å². The summed E-state index contributed by atoms with van der Waals surface area (Å²) < 4.78 is 21.2. The van der Waals surface area contributed by atoms with E-state index in [1.54, 1.807) is 9.80 Å². The van der Waals surface area contributed by atoms with Crippen LogP contribution in [-0.2, 0) is 33.3 Å². The first kappa shape index (κ1) is 40.4. The minimum atomic E-state index is -0.755. The van der Waals surface area contributed by atoms with Crippen molar-refractivity contribution < 1.29 is 38.1 Å². The first-order chi connectivity index (χ1) is 27.9. The highest BCUT2D eigenvalue weighted by atomic mass is 16.5. The highest BCUT2D eigenvalue weighted by molar-refractivity contribution is 5.88. The fourth-order valence-electron chi connectivity index (χ4n) is 7.74. The minimum absolute atomic E-state index is 0.0233. The number of hydrogen-bond donors (Lipinski definition) is 3. The quantitative estimate of drug-likeness (QED) is 0.139. The predicted molar refractivity (Wildman–Crippen MR) is 216 cm³/mol. The van der Waals surface area contributed by atoms with Gasteiger partial charge in [-0.05, 0) is 58.4 Å². The maximum atomic E-state index is 13.8. The molecule has 2 aliphatic rings. The van der Waals surface area contributed by atoms with Gasteiger partial charge in [-0.1, -0.05) is 64.1 Å². The van der Waals surface area contributed by atoms with Gasteiger partial charge < -0.3 is 44.0 Å². The third-order valence-corrected chi connectivity index (χ3v) is 11.1. The normalized spacial score (nSPS) is 18.4. The number of esters is 1. The number of imidazole rings is 2. The molecule has 0 bridgehead atoms. The van der Waals surface area contributed by atoms with E-state index in [0.717, 1.165) is 44.3 Å². The molecule has 0 spiro atoms. The zero-order valence-corrected chi connectivity index (χ0v) is 33.7. The van der Waals surface area contributed by atoms with E-state index in [-0.39, 0.29) is 36.7 Å². The average molecular weight is 794 g/mol. The second kappa shape index (κ2) is 17.4. The van der Waals surface area contributed by atoms with Gasteiger partial charge in [-0.3, -0.25) is 14.4 Å². The number of benzene rings is 3. The van der Waals surface area contributed by atoms with Crippen LogP contribution in [0.2, 0.25) is 0 Å². The number of H-pyrrole nitrogens is 2. The molecule has 4 heterocycles. The molecule has 7 rings (SSSR count). The predicted octanol–water partition coefficient (Wildman–Crippen LogP) is 5.79. The molecule has 0 saturated carbocycles. The monoisotopic (exact) mass is 793 g/mol. The standard InChI is InChI=1S/C43H51N7O8/c1-24(2)30(21-37(51)55-5)41(52)49-15-17-57-22-35(49)39-44-31-13-11-28(19-33(31)46-39)26-7-9-27(10-8-26)29-12-14-32-34(20-29)47-40(45-32)36-23-58-18-16-50(36)42(53)38(25(3)4)48-43(54)56-6/h7-14,19-20,24-25,30,35-36,38H,15-18,21-23H2,1-6H3,(H,44,46)(H,45,47)(H,48,54)/t30-,35-,36-,38-/m0/s1. The number of hydrogen-bond acceptors (Lipinski definition) is 10. The number of fused-ring (bicyclic) bond motifs is 2. The van der Waals surface area contributed by atoms with E-state index in [2.05, 4.69) is 45.6 Å². The van der Waals surface area contributed by atoms with Gasteiger partial charge in [-0.2, -0.15) is 0 Å². The van der Waals surface area contributed by atoms with Crippen LogP contribution in [0.4, 0.5) is 4.79 Å². The van der Waals surface area contributed by atoms with Crippen molar-refractivity contribution >= 4 is 45.9 Å². The Hall–Kier alpha value is -5.80. The summed E-state index contributed by atoms with van der Waals surface area (Å²) >= 11 is 0. The Kier molecular flexibility index (Phi) is 12.1. The Morgan fingerprint density at radius 2 is 1.19 bits per heavy atom. The van der Waals surface area contributed by atoms with E-state index in [4.69, 9.17) is 28.9 Å². The first-order valence-electron chi connectivity index (χ1n) is 19.7. The Morgan fingerprint density at radius 1 is 0.707 bits per heavy atom. The highest BCUT2D eigenvalue weighted by Crippen LogP contribution is 2.33. The van der Waals surface area contributed by atoms with E-state index >= 15 is 0 Å². The number of morpholine rings is 2. The second-order valence-electron chi connectivity index (χ2n) is 15.5. The molecule has 3 N–H and O–H groups in total. The average Bonchev–Trinajstić information content (AvgIpc) is 3.88. The zero-order chi connectivity index (χ0) is 41.1. The Balaban J connectivity index is 1.08. The molecule has 2 fully saturated rings. The van der Waals surface area contributed by atoms with Gasteiger partial charge in [0.25, 0.3) is 0 Å². The molecule has 0 aliphatic carbocycles. The fraction of sp³-hybridized carbons (Fsp3) is 0.442. The topological polar surface area (TPSA) is 181 Å². The Labute approximate surface area is 336 Å². The van der Waals surface area contributed by atoms with E-state index in [1.165, 1.54) is 14.2 Å². The van der Waals surface area contributed by atoms with E-state index in [9.17, 15) is 19.2 Å². The number of methoxy groups -OCH3 is 2. The summed E-state index contributed by atoms with van der Waals surface area (Å²) in [5, 5.41) is 2.68. The summed E-state index contributed by atoms with van der Waals surface area (Å²) in [5.41, 5.74) is 7.26. The maximum absolute atomic E-state index is 13.8. The summed E-state index contributed by atoms with van der Waals surface area (Å²) in [6.07, 6.45) is -0.632. The largest absolute Gasteiger partial charge is 0.469 e. The third kappa shape index (κ3) is 8.41. The number of aromatic nitrogens is 4. The molecular formula is C43H51N7O8. The highest BCUT2D eigenvalue weighted by Gasteiger charge is 2.38. The van der Waals surface area contributed by atoms with Gasteiger partial charge in [-0.15, -0.1) is 0 Å². The van der Waals surface area contributed by atoms with Crippen molar-refractivity contribution in [2.24, 2.45) is 17.8 Å². The molecule has 2 saturated heterocycles. The van der Waals surface area contributed by atoms with Crippen LogP contribution in [0.5, 0.6) is 0 Å². The number of amides is 3. The molecule has 3 amide bonds. The smallest absolute Gasteiger partial charge is 0.407 e. The summed E-state index contributed by atoms with van der Waals surface area (Å²) in [7, 11) is 2.61. The molecule has 5 aromatic rings. The van der Waals surface area contributed by atoms with Crippen LogP contribution in [-0.4, -0.2) is 113 Å². The third-order valence-electron chi connectivity index (χ3n) is 11.1. The molecule has 0 unspecified atom stereocenters. The zero-order valence-electron chi connectivity index (χ0n) is 33.7. The van der Waals surface area contributed by atoms with Crippen LogP contribution in [0.3, 0.4) is 0 Å².